The predicted molar refractivity (Wildman–Crippen MR) is 67.8 cm³/mol. The van der Waals surface area contributed by atoms with E-state index in [-0.39, 0.29) is 5.69 Å². The topological polar surface area (TPSA) is 46.4 Å². The number of anilines is 1. The molecule has 1 rings (SSSR count). The van der Waals surface area contributed by atoms with Crippen molar-refractivity contribution in [2.45, 2.75) is 0 Å². The van der Waals surface area contributed by atoms with E-state index in [1.807, 2.05) is 6.26 Å². The number of benzene rings is 1. The molecule has 4 nitrogen and oxygen atoms in total. The van der Waals surface area contributed by atoms with E-state index in [4.69, 9.17) is 0 Å². The van der Waals surface area contributed by atoms with Crippen LogP contribution in [0.15, 0.2) is 24.3 Å². The van der Waals surface area contributed by atoms with Crippen molar-refractivity contribution in [1.82, 2.24) is 0 Å². The van der Waals surface area contributed by atoms with Crippen LogP contribution in [-0.2, 0) is 0 Å². The van der Waals surface area contributed by atoms with E-state index in [0.717, 1.165) is 17.6 Å². The average molecular weight is 291 g/mol. The van der Waals surface area contributed by atoms with E-state index in [0.29, 0.717) is 0 Å². The summed E-state index contributed by atoms with van der Waals surface area (Å²) in [7, 11) is 0. The second-order valence-corrected chi connectivity index (χ2v) is 4.35. The third-order valence-electron chi connectivity index (χ3n) is 1.86. The lowest BCUT2D eigenvalue weighted by Crippen LogP contribution is -2.15. The molecule has 0 bridgehead atoms. The minimum Gasteiger partial charge on any atom is -0.316 e. The van der Waals surface area contributed by atoms with Crippen LogP contribution in [-0.4, -0.2) is 23.1 Å². The first kappa shape index (κ1) is 12.3. The molecule has 6 heteroatoms. The highest BCUT2D eigenvalue weighted by Crippen LogP contribution is 2.23. The first-order valence-corrected chi connectivity index (χ1v) is 6.61. The summed E-state index contributed by atoms with van der Waals surface area (Å²) in [6.07, 6.45) is 1.98. The molecule has 0 atom stereocenters. The van der Waals surface area contributed by atoms with Crippen molar-refractivity contribution in [3.8, 4) is 0 Å². The third kappa shape index (κ3) is 3.39. The maximum Gasteiger partial charge on any atom is 0.269 e. The molecule has 0 unspecified atom stereocenters. The number of nitrogens with zero attached hydrogens (tertiary/aromatic N) is 2. The lowest BCUT2D eigenvalue weighted by Gasteiger charge is -2.19. The molecule has 0 aliphatic rings. The van der Waals surface area contributed by atoms with Crippen LogP contribution in [0.4, 0.5) is 11.4 Å². The largest absolute Gasteiger partial charge is 0.316 e. The van der Waals surface area contributed by atoms with Gasteiger partial charge in [0.2, 0.25) is 0 Å². The van der Waals surface area contributed by atoms with Crippen LogP contribution in [0.3, 0.4) is 0 Å². The van der Waals surface area contributed by atoms with Crippen LogP contribution in [0, 0.1) is 10.1 Å². The Morgan fingerprint density at radius 2 is 2.07 bits per heavy atom. The van der Waals surface area contributed by atoms with Crippen molar-refractivity contribution in [3.05, 3.63) is 34.4 Å². The molecule has 1 aromatic carbocycles. The number of non-ortho nitro benzene ring substituents is 1. The van der Waals surface area contributed by atoms with Crippen molar-refractivity contribution in [1.29, 1.82) is 0 Å². The summed E-state index contributed by atoms with van der Waals surface area (Å²) in [6.45, 7) is 0.860. The van der Waals surface area contributed by atoms with Gasteiger partial charge in [-0.25, -0.2) is 0 Å². The van der Waals surface area contributed by atoms with Crippen molar-refractivity contribution in [2.24, 2.45) is 0 Å². The zero-order chi connectivity index (χ0) is 11.3. The van der Waals surface area contributed by atoms with Crippen LogP contribution in [0.1, 0.15) is 0 Å². The predicted octanol–water partition coefficient (Wildman–Crippen LogP) is 3.07. The molecule has 0 N–H and O–H groups in total. The van der Waals surface area contributed by atoms with Gasteiger partial charge < -0.3 is 4.31 Å². The fraction of sp³-hybridized carbons (Fsp3) is 0.333. The number of nitro benzene ring substituents is 1. The van der Waals surface area contributed by atoms with Gasteiger partial charge in [-0.05, 0) is 12.1 Å². The fourth-order valence-corrected chi connectivity index (χ4v) is 2.34. The molecular formula is C9H11BrN2O2S. The number of alkyl halides is 1. The molecule has 0 saturated heterocycles. The molecule has 0 saturated carbocycles. The number of rotatable bonds is 5. The summed E-state index contributed by atoms with van der Waals surface area (Å²) in [4.78, 5) is 10.1. The lowest BCUT2D eigenvalue weighted by molar-refractivity contribution is -0.384. The van der Waals surface area contributed by atoms with Gasteiger partial charge in [-0.2, -0.15) is 0 Å². The monoisotopic (exact) mass is 290 g/mol. The first-order chi connectivity index (χ1) is 7.19. The standard InChI is InChI=1S/C9H11BrN2O2S/c1-15-11(7-6-10)8-2-4-9(5-3-8)12(13)14/h2-5H,6-7H2,1H3. The van der Waals surface area contributed by atoms with Gasteiger partial charge in [-0.3, -0.25) is 10.1 Å². The van der Waals surface area contributed by atoms with Crippen molar-refractivity contribution >= 4 is 39.3 Å². The zero-order valence-corrected chi connectivity index (χ0v) is 10.6. The van der Waals surface area contributed by atoms with Gasteiger partial charge in [-0.15, -0.1) is 0 Å². The maximum absolute atomic E-state index is 10.5. The number of hydrogen-bond acceptors (Lipinski definition) is 4. The van der Waals surface area contributed by atoms with Gasteiger partial charge in [-0.1, -0.05) is 27.9 Å². The second kappa shape index (κ2) is 5.97. The van der Waals surface area contributed by atoms with Crippen LogP contribution in [0.2, 0.25) is 0 Å². The van der Waals surface area contributed by atoms with Gasteiger partial charge >= 0.3 is 0 Å². The molecule has 0 amide bonds. The van der Waals surface area contributed by atoms with Crippen molar-refractivity contribution in [2.75, 3.05) is 22.4 Å². The molecular weight excluding hydrogens is 280 g/mol. The summed E-state index contributed by atoms with van der Waals surface area (Å²) >= 11 is 4.96. The third-order valence-corrected chi connectivity index (χ3v) is 3.05. The average Bonchev–Trinajstić information content (AvgIpc) is 2.26. The molecule has 0 heterocycles. The Labute approximate surface area is 101 Å². The Morgan fingerprint density at radius 3 is 2.47 bits per heavy atom. The quantitative estimate of drug-likeness (QED) is 0.362. The van der Waals surface area contributed by atoms with E-state index in [9.17, 15) is 10.1 Å². The van der Waals surface area contributed by atoms with E-state index >= 15 is 0 Å². The Hall–Kier alpha value is -0.750. The Kier molecular flexibility index (Phi) is 4.90. The normalized spacial score (nSPS) is 10.0. The lowest BCUT2D eigenvalue weighted by atomic mass is 10.3. The molecule has 0 radical (unpaired) electrons. The van der Waals surface area contributed by atoms with Gasteiger partial charge in [0.25, 0.3) is 5.69 Å². The van der Waals surface area contributed by atoms with Gasteiger partial charge in [0.1, 0.15) is 0 Å². The SMILES string of the molecule is CSN(CCBr)c1ccc([N+](=O)[O-])cc1. The van der Waals surface area contributed by atoms with Crippen LogP contribution in [0.25, 0.3) is 0 Å². The van der Waals surface area contributed by atoms with Crippen molar-refractivity contribution < 1.29 is 4.92 Å². The Balaban J connectivity index is 2.81. The Morgan fingerprint density at radius 1 is 1.47 bits per heavy atom. The highest BCUT2D eigenvalue weighted by Gasteiger charge is 2.07. The molecule has 15 heavy (non-hydrogen) atoms. The fourth-order valence-electron chi connectivity index (χ4n) is 1.14. The van der Waals surface area contributed by atoms with E-state index in [1.54, 1.807) is 24.1 Å². The molecule has 0 spiro atoms. The zero-order valence-electron chi connectivity index (χ0n) is 8.22. The minimum atomic E-state index is -0.391. The van der Waals surface area contributed by atoms with Crippen LogP contribution < -0.4 is 4.31 Å². The minimum absolute atomic E-state index is 0.124. The molecule has 82 valence electrons. The molecule has 1 aromatic rings. The van der Waals surface area contributed by atoms with Gasteiger partial charge in [0, 0.05) is 36.0 Å². The molecule has 0 aromatic heterocycles. The number of nitro groups is 1. The second-order valence-electron chi connectivity index (χ2n) is 2.75. The smallest absolute Gasteiger partial charge is 0.269 e. The van der Waals surface area contributed by atoms with E-state index < -0.39 is 4.92 Å². The number of hydrogen-bond donors (Lipinski definition) is 0. The molecule has 0 aliphatic carbocycles. The van der Waals surface area contributed by atoms with Crippen LogP contribution >= 0.6 is 27.9 Å². The summed E-state index contributed by atoms with van der Waals surface area (Å²) in [5.41, 5.74) is 1.10. The van der Waals surface area contributed by atoms with Crippen molar-refractivity contribution in [3.63, 3.8) is 0 Å². The molecule has 0 fully saturated rings. The highest BCUT2D eigenvalue weighted by atomic mass is 79.9. The Bertz CT molecular complexity index is 331. The molecule has 0 aliphatic heterocycles. The summed E-state index contributed by atoms with van der Waals surface area (Å²) in [5.74, 6) is 0. The highest BCUT2D eigenvalue weighted by molar-refractivity contribution is 9.09. The van der Waals surface area contributed by atoms with Gasteiger partial charge in [0.05, 0.1) is 4.92 Å². The maximum atomic E-state index is 10.5. The van der Waals surface area contributed by atoms with Gasteiger partial charge in [0.15, 0.2) is 0 Å². The first-order valence-electron chi connectivity index (χ1n) is 4.31. The summed E-state index contributed by atoms with van der Waals surface area (Å²) in [5, 5.41) is 11.3. The van der Waals surface area contributed by atoms with Crippen LogP contribution in [0.5, 0.6) is 0 Å². The van der Waals surface area contributed by atoms with E-state index in [1.165, 1.54) is 12.1 Å². The summed E-state index contributed by atoms with van der Waals surface area (Å²) < 4.78 is 2.07. The summed E-state index contributed by atoms with van der Waals surface area (Å²) in [6, 6.07) is 6.56. The van der Waals surface area contributed by atoms with E-state index in [2.05, 4.69) is 20.2 Å². The number of halogens is 1.